The van der Waals surface area contributed by atoms with Crippen molar-refractivity contribution in [3.63, 3.8) is 0 Å². The van der Waals surface area contributed by atoms with E-state index in [1.54, 1.807) is 0 Å². The summed E-state index contributed by atoms with van der Waals surface area (Å²) in [5.74, 6) is -1.43. The van der Waals surface area contributed by atoms with Crippen molar-refractivity contribution in [2.75, 3.05) is 33.2 Å². The van der Waals surface area contributed by atoms with Gasteiger partial charge in [0.2, 0.25) is 0 Å². The van der Waals surface area contributed by atoms with Crippen LogP contribution < -0.4 is 10.6 Å². The molecule has 0 aromatic rings. The number of carboxylic acid groups (broad SMARTS) is 1. The van der Waals surface area contributed by atoms with E-state index in [0.29, 0.717) is 6.54 Å². The molecule has 0 aliphatic heterocycles. The Morgan fingerprint density at radius 2 is 1.89 bits per heavy atom. The summed E-state index contributed by atoms with van der Waals surface area (Å²) in [5, 5.41) is 14.2. The molecule has 3 N–H and O–H groups in total. The number of rotatable bonds is 8. The van der Waals surface area contributed by atoms with Crippen molar-refractivity contribution in [3.8, 4) is 0 Å². The molecule has 0 fully saturated rings. The molecule has 6 heteroatoms. The minimum absolute atomic E-state index is 0.00553. The zero-order chi connectivity index (χ0) is 14.1. The Hall–Kier alpha value is -1.30. The average molecular weight is 259 g/mol. The summed E-state index contributed by atoms with van der Waals surface area (Å²) in [5.41, 5.74) is 0. The van der Waals surface area contributed by atoms with E-state index in [1.165, 1.54) is 0 Å². The third kappa shape index (κ3) is 7.11. The van der Waals surface area contributed by atoms with E-state index in [-0.39, 0.29) is 18.5 Å². The highest BCUT2D eigenvalue weighted by Crippen LogP contribution is 2.09. The summed E-state index contributed by atoms with van der Waals surface area (Å²) in [7, 11) is 1.97. The molecule has 0 rings (SSSR count). The fourth-order valence-electron chi connectivity index (χ4n) is 1.39. The van der Waals surface area contributed by atoms with Crippen molar-refractivity contribution < 1.29 is 14.7 Å². The lowest BCUT2D eigenvalue weighted by Gasteiger charge is -2.18. The maximum Gasteiger partial charge on any atom is 0.314 e. The third-order valence-electron chi connectivity index (χ3n) is 2.92. The Labute approximate surface area is 109 Å². The fraction of sp³-hybridized carbons (Fsp3) is 0.833. The second-order valence-electron chi connectivity index (χ2n) is 4.72. The van der Waals surface area contributed by atoms with Crippen LogP contribution in [0, 0.1) is 11.8 Å². The van der Waals surface area contributed by atoms with Crippen LogP contribution >= 0.6 is 0 Å². The zero-order valence-corrected chi connectivity index (χ0v) is 11.7. The molecule has 0 saturated carbocycles. The van der Waals surface area contributed by atoms with Gasteiger partial charge in [-0.2, -0.15) is 0 Å². The van der Waals surface area contributed by atoms with Gasteiger partial charge in [0.15, 0.2) is 0 Å². The van der Waals surface area contributed by atoms with E-state index < -0.39 is 11.9 Å². The Morgan fingerprint density at radius 1 is 1.28 bits per heavy atom. The van der Waals surface area contributed by atoms with Crippen LogP contribution in [0.1, 0.15) is 20.8 Å². The first-order valence-corrected chi connectivity index (χ1v) is 6.31. The lowest BCUT2D eigenvalue weighted by molar-refractivity contribution is -0.142. The molecule has 18 heavy (non-hydrogen) atoms. The minimum Gasteiger partial charge on any atom is -0.481 e. The molecule has 0 saturated heterocycles. The molecule has 0 heterocycles. The molecule has 0 radical (unpaired) electrons. The summed E-state index contributed by atoms with van der Waals surface area (Å²) in [6, 6.07) is -0.314. The topological polar surface area (TPSA) is 81.7 Å². The molecule has 0 bridgehead atoms. The predicted octanol–water partition coefficient (Wildman–Crippen LogP) is 0.594. The maximum absolute atomic E-state index is 11.4. The van der Waals surface area contributed by atoms with E-state index in [9.17, 15) is 9.59 Å². The number of hydrogen-bond donors (Lipinski definition) is 3. The molecule has 0 aliphatic carbocycles. The van der Waals surface area contributed by atoms with Crippen LogP contribution in [0.2, 0.25) is 0 Å². The van der Waals surface area contributed by atoms with Crippen LogP contribution in [0.4, 0.5) is 4.79 Å². The van der Waals surface area contributed by atoms with Gasteiger partial charge in [-0.25, -0.2) is 4.79 Å². The number of amides is 2. The van der Waals surface area contributed by atoms with Gasteiger partial charge in [0.1, 0.15) is 0 Å². The zero-order valence-electron chi connectivity index (χ0n) is 11.7. The van der Waals surface area contributed by atoms with Crippen molar-refractivity contribution >= 4 is 12.0 Å². The number of carboxylic acids is 1. The Balaban J connectivity index is 3.85. The van der Waals surface area contributed by atoms with Crippen molar-refractivity contribution in [2.45, 2.75) is 20.8 Å². The highest BCUT2D eigenvalue weighted by atomic mass is 16.4. The molecular weight excluding hydrogens is 234 g/mol. The fourth-order valence-corrected chi connectivity index (χ4v) is 1.39. The van der Waals surface area contributed by atoms with Gasteiger partial charge in [-0.3, -0.25) is 4.79 Å². The normalized spacial score (nSPS) is 12.6. The van der Waals surface area contributed by atoms with Gasteiger partial charge in [-0.05, 0) is 19.5 Å². The number of urea groups is 1. The SMILES string of the molecule is CCN(C)CCNC(=O)NCC(C(=O)O)C(C)C. The Morgan fingerprint density at radius 3 is 2.33 bits per heavy atom. The Kier molecular flexibility index (Phi) is 8.11. The summed E-state index contributed by atoms with van der Waals surface area (Å²) < 4.78 is 0. The highest BCUT2D eigenvalue weighted by Gasteiger charge is 2.21. The quantitative estimate of drug-likeness (QED) is 0.596. The van der Waals surface area contributed by atoms with Crippen molar-refractivity contribution in [3.05, 3.63) is 0 Å². The number of carbonyl (C=O) groups is 2. The van der Waals surface area contributed by atoms with E-state index >= 15 is 0 Å². The predicted molar refractivity (Wildman–Crippen MR) is 70.5 cm³/mol. The maximum atomic E-state index is 11.4. The van der Waals surface area contributed by atoms with Crippen LogP contribution in [-0.4, -0.2) is 55.2 Å². The smallest absolute Gasteiger partial charge is 0.314 e. The van der Waals surface area contributed by atoms with E-state index in [2.05, 4.69) is 15.5 Å². The lowest BCUT2D eigenvalue weighted by atomic mass is 9.96. The first-order chi connectivity index (χ1) is 8.38. The van der Waals surface area contributed by atoms with E-state index in [0.717, 1.165) is 13.1 Å². The van der Waals surface area contributed by atoms with E-state index in [4.69, 9.17) is 5.11 Å². The van der Waals surface area contributed by atoms with Crippen LogP contribution in [0.25, 0.3) is 0 Å². The summed E-state index contributed by atoms with van der Waals surface area (Å²) in [6.45, 7) is 8.11. The van der Waals surface area contributed by atoms with Crippen molar-refractivity contribution in [1.82, 2.24) is 15.5 Å². The van der Waals surface area contributed by atoms with Gasteiger partial charge in [0, 0.05) is 19.6 Å². The van der Waals surface area contributed by atoms with Gasteiger partial charge in [0.05, 0.1) is 5.92 Å². The largest absolute Gasteiger partial charge is 0.481 e. The molecule has 1 atom stereocenters. The van der Waals surface area contributed by atoms with Crippen LogP contribution in [-0.2, 0) is 4.79 Å². The molecule has 0 spiro atoms. The number of hydrogen-bond acceptors (Lipinski definition) is 3. The molecule has 2 amide bonds. The number of nitrogens with zero attached hydrogens (tertiary/aromatic N) is 1. The Bertz CT molecular complexity index is 269. The summed E-state index contributed by atoms with van der Waals surface area (Å²) >= 11 is 0. The van der Waals surface area contributed by atoms with Crippen molar-refractivity contribution in [2.24, 2.45) is 11.8 Å². The number of nitrogens with one attached hydrogen (secondary N) is 2. The van der Waals surface area contributed by atoms with Crippen LogP contribution in [0.5, 0.6) is 0 Å². The van der Waals surface area contributed by atoms with Crippen LogP contribution in [0.3, 0.4) is 0 Å². The molecule has 106 valence electrons. The van der Waals surface area contributed by atoms with E-state index in [1.807, 2.05) is 27.8 Å². The molecule has 0 aliphatic rings. The summed E-state index contributed by atoms with van der Waals surface area (Å²) in [4.78, 5) is 24.4. The molecule has 1 unspecified atom stereocenters. The van der Waals surface area contributed by atoms with Crippen LogP contribution in [0.15, 0.2) is 0 Å². The second-order valence-corrected chi connectivity index (χ2v) is 4.72. The molecule has 0 aromatic carbocycles. The second kappa shape index (κ2) is 8.74. The highest BCUT2D eigenvalue weighted by molar-refractivity contribution is 5.75. The molecule has 6 nitrogen and oxygen atoms in total. The molecule has 0 aromatic heterocycles. The van der Waals surface area contributed by atoms with Gasteiger partial charge >= 0.3 is 12.0 Å². The van der Waals surface area contributed by atoms with Gasteiger partial charge in [-0.1, -0.05) is 20.8 Å². The molecular formula is C12H25N3O3. The van der Waals surface area contributed by atoms with Gasteiger partial charge in [0.25, 0.3) is 0 Å². The first-order valence-electron chi connectivity index (χ1n) is 6.31. The van der Waals surface area contributed by atoms with Gasteiger partial charge < -0.3 is 20.6 Å². The number of carbonyl (C=O) groups excluding carboxylic acids is 1. The third-order valence-corrected chi connectivity index (χ3v) is 2.92. The van der Waals surface area contributed by atoms with Gasteiger partial charge in [-0.15, -0.1) is 0 Å². The number of aliphatic carboxylic acids is 1. The monoisotopic (exact) mass is 259 g/mol. The summed E-state index contributed by atoms with van der Waals surface area (Å²) in [6.07, 6.45) is 0. The standard InChI is InChI=1S/C12H25N3O3/c1-5-15(4)7-6-13-12(18)14-8-10(9(2)3)11(16)17/h9-10H,5-8H2,1-4H3,(H,16,17)(H2,13,14,18). The lowest BCUT2D eigenvalue weighted by Crippen LogP contribution is -2.43. The average Bonchev–Trinajstić information content (AvgIpc) is 2.27. The first kappa shape index (κ1) is 16.7. The number of likely N-dealkylation sites (N-methyl/N-ethyl adjacent to an activating group) is 1. The van der Waals surface area contributed by atoms with Crippen molar-refractivity contribution in [1.29, 1.82) is 0 Å². The minimum atomic E-state index is -0.879.